The van der Waals surface area contributed by atoms with E-state index in [1.165, 1.54) is 0 Å². The number of hydrogen-bond donors (Lipinski definition) is 0. The molecule has 6 nitrogen and oxygen atoms in total. The molecule has 4 aliphatic rings. The topological polar surface area (TPSA) is 59.1 Å². The van der Waals surface area contributed by atoms with Gasteiger partial charge in [0.15, 0.2) is 6.29 Å². The first-order valence-electron chi connectivity index (χ1n) is 9.56. The standard InChI is InChI=1S/C18H28N2O4/c21-16(13-6-7-13)19-8-3-4-14(12-19)17(22)20-9-2-1-5-15(20)18-23-10-11-24-18/h13-15,18H,1-12H2. The minimum absolute atomic E-state index is 0.0447. The van der Waals surface area contributed by atoms with Gasteiger partial charge >= 0.3 is 0 Å². The van der Waals surface area contributed by atoms with Crippen molar-refractivity contribution in [1.29, 1.82) is 0 Å². The van der Waals surface area contributed by atoms with Crippen molar-refractivity contribution in [3.05, 3.63) is 0 Å². The summed E-state index contributed by atoms with van der Waals surface area (Å²) < 4.78 is 11.4. The zero-order chi connectivity index (χ0) is 16.5. The average Bonchev–Trinajstić information content (AvgIpc) is 3.35. The Morgan fingerprint density at radius 2 is 1.58 bits per heavy atom. The summed E-state index contributed by atoms with van der Waals surface area (Å²) in [6.45, 7) is 3.45. The van der Waals surface area contributed by atoms with Crippen LogP contribution in [0.5, 0.6) is 0 Å². The quantitative estimate of drug-likeness (QED) is 0.781. The smallest absolute Gasteiger partial charge is 0.227 e. The number of hydrogen-bond acceptors (Lipinski definition) is 4. The predicted molar refractivity (Wildman–Crippen MR) is 87.1 cm³/mol. The first kappa shape index (κ1) is 16.3. The molecule has 3 saturated heterocycles. The number of likely N-dealkylation sites (tertiary alicyclic amines) is 2. The normalized spacial score (nSPS) is 32.2. The van der Waals surface area contributed by atoms with Gasteiger partial charge in [-0.25, -0.2) is 0 Å². The van der Waals surface area contributed by atoms with E-state index in [2.05, 4.69) is 0 Å². The summed E-state index contributed by atoms with van der Waals surface area (Å²) >= 11 is 0. The predicted octanol–water partition coefficient (Wildman–Crippen LogP) is 1.39. The lowest BCUT2D eigenvalue weighted by molar-refractivity contribution is -0.157. The second-order valence-corrected chi connectivity index (χ2v) is 7.60. The Labute approximate surface area is 143 Å². The Balaban J connectivity index is 1.41. The highest BCUT2D eigenvalue weighted by Crippen LogP contribution is 2.33. The van der Waals surface area contributed by atoms with E-state index in [4.69, 9.17) is 9.47 Å². The molecule has 6 heteroatoms. The van der Waals surface area contributed by atoms with E-state index in [1.807, 2.05) is 9.80 Å². The van der Waals surface area contributed by atoms with Gasteiger partial charge in [0.2, 0.25) is 11.8 Å². The molecule has 3 aliphatic heterocycles. The van der Waals surface area contributed by atoms with Crippen LogP contribution in [-0.4, -0.2) is 66.8 Å². The van der Waals surface area contributed by atoms with Crippen LogP contribution in [0.1, 0.15) is 44.9 Å². The Bertz CT molecular complexity index is 487. The van der Waals surface area contributed by atoms with Gasteiger partial charge in [0, 0.05) is 25.6 Å². The molecular formula is C18H28N2O4. The maximum atomic E-state index is 13.2. The minimum Gasteiger partial charge on any atom is -0.348 e. The highest BCUT2D eigenvalue weighted by molar-refractivity contribution is 5.83. The second-order valence-electron chi connectivity index (χ2n) is 7.60. The fraction of sp³-hybridized carbons (Fsp3) is 0.889. The van der Waals surface area contributed by atoms with Crippen LogP contribution in [0.15, 0.2) is 0 Å². The van der Waals surface area contributed by atoms with Crippen LogP contribution in [0.4, 0.5) is 0 Å². The van der Waals surface area contributed by atoms with Crippen LogP contribution in [0.2, 0.25) is 0 Å². The summed E-state index contributed by atoms with van der Waals surface area (Å²) in [7, 11) is 0. The van der Waals surface area contributed by atoms with Crippen molar-refractivity contribution in [2.45, 2.75) is 57.3 Å². The Kier molecular flexibility index (Phi) is 4.77. The third-order valence-electron chi connectivity index (χ3n) is 5.80. The fourth-order valence-corrected chi connectivity index (χ4v) is 4.31. The zero-order valence-electron chi connectivity index (χ0n) is 14.3. The largest absolute Gasteiger partial charge is 0.348 e. The molecule has 0 aromatic rings. The van der Waals surface area contributed by atoms with Crippen LogP contribution in [0.25, 0.3) is 0 Å². The van der Waals surface area contributed by atoms with Crippen molar-refractivity contribution < 1.29 is 19.1 Å². The van der Waals surface area contributed by atoms with Gasteiger partial charge in [-0.3, -0.25) is 9.59 Å². The van der Waals surface area contributed by atoms with E-state index >= 15 is 0 Å². The SMILES string of the molecule is O=C(C1CC1)N1CCCC(C(=O)N2CCCCC2C2OCCO2)C1. The van der Waals surface area contributed by atoms with Crippen LogP contribution in [-0.2, 0) is 19.1 Å². The van der Waals surface area contributed by atoms with Gasteiger partial charge < -0.3 is 19.3 Å². The van der Waals surface area contributed by atoms with E-state index in [0.29, 0.717) is 19.8 Å². The van der Waals surface area contributed by atoms with Crippen molar-refractivity contribution >= 4 is 11.8 Å². The summed E-state index contributed by atoms with van der Waals surface area (Å²) in [6, 6.07) is 0.0447. The summed E-state index contributed by atoms with van der Waals surface area (Å²) in [6.07, 6.45) is 6.74. The van der Waals surface area contributed by atoms with E-state index in [-0.39, 0.29) is 36.0 Å². The highest BCUT2D eigenvalue weighted by atomic mass is 16.7. The van der Waals surface area contributed by atoms with Gasteiger partial charge in [-0.15, -0.1) is 0 Å². The number of rotatable bonds is 3. The molecule has 2 amide bonds. The monoisotopic (exact) mass is 336 g/mol. The molecule has 4 fully saturated rings. The molecular weight excluding hydrogens is 308 g/mol. The molecule has 0 bridgehead atoms. The number of carbonyl (C=O) groups is 2. The molecule has 134 valence electrons. The third-order valence-corrected chi connectivity index (χ3v) is 5.80. The molecule has 2 unspecified atom stereocenters. The second kappa shape index (κ2) is 7.00. The van der Waals surface area contributed by atoms with Crippen molar-refractivity contribution in [3.8, 4) is 0 Å². The van der Waals surface area contributed by atoms with E-state index in [9.17, 15) is 9.59 Å². The van der Waals surface area contributed by atoms with Crippen LogP contribution < -0.4 is 0 Å². The maximum absolute atomic E-state index is 13.2. The zero-order valence-corrected chi connectivity index (χ0v) is 14.3. The third kappa shape index (κ3) is 3.31. The van der Waals surface area contributed by atoms with Gasteiger partial charge in [-0.2, -0.15) is 0 Å². The van der Waals surface area contributed by atoms with Gasteiger partial charge in [0.05, 0.1) is 25.2 Å². The molecule has 3 heterocycles. The van der Waals surface area contributed by atoms with Gasteiger partial charge in [0.25, 0.3) is 0 Å². The number of amides is 2. The Morgan fingerprint density at radius 3 is 2.33 bits per heavy atom. The lowest BCUT2D eigenvalue weighted by Crippen LogP contribution is -2.54. The molecule has 0 N–H and O–H groups in total. The van der Waals surface area contributed by atoms with Gasteiger partial charge in [-0.1, -0.05) is 0 Å². The summed E-state index contributed by atoms with van der Waals surface area (Å²) in [5.41, 5.74) is 0. The molecule has 4 rings (SSSR count). The molecule has 2 atom stereocenters. The summed E-state index contributed by atoms with van der Waals surface area (Å²) in [4.78, 5) is 29.4. The Hall–Kier alpha value is -1.14. The fourth-order valence-electron chi connectivity index (χ4n) is 4.31. The van der Waals surface area contributed by atoms with Crippen molar-refractivity contribution in [1.82, 2.24) is 9.80 Å². The molecule has 24 heavy (non-hydrogen) atoms. The van der Waals surface area contributed by atoms with E-state index < -0.39 is 0 Å². The van der Waals surface area contributed by atoms with Crippen LogP contribution >= 0.6 is 0 Å². The minimum atomic E-state index is -0.262. The lowest BCUT2D eigenvalue weighted by atomic mass is 9.93. The number of nitrogens with zero attached hydrogens (tertiary/aromatic N) is 2. The lowest BCUT2D eigenvalue weighted by Gasteiger charge is -2.41. The molecule has 0 radical (unpaired) electrons. The van der Waals surface area contributed by atoms with Gasteiger partial charge in [-0.05, 0) is 44.9 Å². The molecule has 0 aromatic heterocycles. The summed E-state index contributed by atoms with van der Waals surface area (Å²) in [5, 5.41) is 0. The summed E-state index contributed by atoms with van der Waals surface area (Å²) in [5.74, 6) is 0.655. The van der Waals surface area contributed by atoms with Gasteiger partial charge in [0.1, 0.15) is 0 Å². The van der Waals surface area contributed by atoms with E-state index in [0.717, 1.165) is 58.0 Å². The molecule has 0 spiro atoms. The highest BCUT2D eigenvalue weighted by Gasteiger charge is 2.41. The van der Waals surface area contributed by atoms with Crippen LogP contribution in [0.3, 0.4) is 0 Å². The molecule has 1 aliphatic carbocycles. The molecule has 0 aromatic carbocycles. The van der Waals surface area contributed by atoms with Crippen molar-refractivity contribution in [2.24, 2.45) is 11.8 Å². The first-order valence-corrected chi connectivity index (χ1v) is 9.56. The molecule has 1 saturated carbocycles. The van der Waals surface area contributed by atoms with Crippen molar-refractivity contribution in [3.63, 3.8) is 0 Å². The Morgan fingerprint density at radius 1 is 0.792 bits per heavy atom. The maximum Gasteiger partial charge on any atom is 0.227 e. The van der Waals surface area contributed by atoms with E-state index in [1.54, 1.807) is 0 Å². The number of piperidine rings is 2. The number of ether oxygens (including phenoxy) is 2. The number of carbonyl (C=O) groups excluding carboxylic acids is 2. The average molecular weight is 336 g/mol. The first-order chi connectivity index (χ1) is 11.7. The van der Waals surface area contributed by atoms with Crippen molar-refractivity contribution in [2.75, 3.05) is 32.8 Å². The van der Waals surface area contributed by atoms with Crippen LogP contribution in [0, 0.1) is 11.8 Å².